The zero-order chi connectivity index (χ0) is 23.5. The highest BCUT2D eigenvalue weighted by atomic mass is 32.1. The fraction of sp³-hybridized carbons (Fsp3) is 0.179. The molecule has 6 heteroatoms. The highest BCUT2D eigenvalue weighted by molar-refractivity contribution is 7.14. The van der Waals surface area contributed by atoms with Gasteiger partial charge < -0.3 is 4.90 Å². The molecule has 1 saturated heterocycles. The molecule has 0 radical (unpaired) electrons. The van der Waals surface area contributed by atoms with E-state index in [1.54, 1.807) is 17.1 Å². The molecule has 4 aromatic rings. The molecule has 2 heterocycles. The van der Waals surface area contributed by atoms with Crippen LogP contribution in [0.25, 0.3) is 16.8 Å². The van der Waals surface area contributed by atoms with E-state index < -0.39 is 0 Å². The van der Waals surface area contributed by atoms with Crippen molar-refractivity contribution >= 4 is 50.8 Å². The van der Waals surface area contributed by atoms with Crippen LogP contribution in [-0.2, 0) is 9.59 Å². The van der Waals surface area contributed by atoms with E-state index in [-0.39, 0.29) is 17.9 Å². The number of nitrogens with zero attached hydrogens (tertiary/aromatic N) is 3. The smallest absolute Gasteiger partial charge is 0.247 e. The molecular formula is C28H25N3O2S. The Balaban J connectivity index is 1.35. The number of para-hydroxylation sites is 1. The summed E-state index contributed by atoms with van der Waals surface area (Å²) in [4.78, 5) is 33.6. The van der Waals surface area contributed by atoms with Gasteiger partial charge in [-0.25, -0.2) is 4.98 Å². The molecule has 3 aromatic carbocycles. The first-order valence-corrected chi connectivity index (χ1v) is 12.3. The van der Waals surface area contributed by atoms with Gasteiger partial charge in [-0.05, 0) is 47.4 Å². The normalized spacial score (nSPS) is 15.8. The molecule has 0 saturated carbocycles. The zero-order valence-corrected chi connectivity index (χ0v) is 19.7. The minimum atomic E-state index is -0.109. The summed E-state index contributed by atoms with van der Waals surface area (Å²) in [7, 11) is 0. The molecular weight excluding hydrogens is 442 g/mol. The van der Waals surface area contributed by atoms with E-state index in [1.807, 2.05) is 52.7 Å². The fourth-order valence-corrected chi connectivity index (χ4v) is 5.46. The number of carbonyl (C=O) groups is 2. The van der Waals surface area contributed by atoms with Crippen molar-refractivity contribution in [2.45, 2.75) is 25.8 Å². The molecule has 2 amide bonds. The number of carbonyl (C=O) groups excluding carboxylic acids is 2. The van der Waals surface area contributed by atoms with Crippen LogP contribution in [0.5, 0.6) is 0 Å². The second-order valence-corrected chi connectivity index (χ2v) is 9.17. The van der Waals surface area contributed by atoms with Crippen molar-refractivity contribution in [3.8, 4) is 0 Å². The number of fused-ring (bicyclic) bond motifs is 1. The lowest BCUT2D eigenvalue weighted by Crippen LogP contribution is -2.29. The van der Waals surface area contributed by atoms with Crippen molar-refractivity contribution in [2.24, 2.45) is 0 Å². The highest BCUT2D eigenvalue weighted by Crippen LogP contribution is 2.36. The second kappa shape index (κ2) is 9.61. The Bertz CT molecular complexity index is 1360. The summed E-state index contributed by atoms with van der Waals surface area (Å²) in [5.41, 5.74) is 2.63. The molecule has 170 valence electrons. The molecule has 5 nitrogen and oxygen atoms in total. The Labute approximate surface area is 203 Å². The topological polar surface area (TPSA) is 53.5 Å². The Kier molecular flexibility index (Phi) is 6.23. The minimum Gasteiger partial charge on any atom is -0.332 e. The zero-order valence-electron chi connectivity index (χ0n) is 18.9. The fourth-order valence-electron chi connectivity index (χ4n) is 4.61. The molecule has 0 bridgehead atoms. The summed E-state index contributed by atoms with van der Waals surface area (Å²) in [5.74, 6) is -0.126. The van der Waals surface area contributed by atoms with Gasteiger partial charge in [0.1, 0.15) is 0 Å². The number of benzene rings is 3. The van der Waals surface area contributed by atoms with Gasteiger partial charge in [0.15, 0.2) is 5.13 Å². The van der Waals surface area contributed by atoms with Gasteiger partial charge in [0.2, 0.25) is 11.8 Å². The lowest BCUT2D eigenvalue weighted by Gasteiger charge is -2.25. The first kappa shape index (κ1) is 22.0. The summed E-state index contributed by atoms with van der Waals surface area (Å²) in [6, 6.07) is 24.2. The molecule has 0 aliphatic carbocycles. The SMILES string of the molecule is CC(=O)N(c1ccccc1)c1nc(/C=C/C(=O)N2CCCC2c2cccc3ccccc23)cs1. The van der Waals surface area contributed by atoms with Gasteiger partial charge in [-0.1, -0.05) is 60.7 Å². The van der Waals surface area contributed by atoms with Crippen LogP contribution in [0.2, 0.25) is 0 Å². The number of hydrogen-bond donors (Lipinski definition) is 0. The van der Waals surface area contributed by atoms with Crippen LogP contribution >= 0.6 is 11.3 Å². The van der Waals surface area contributed by atoms with Crippen molar-refractivity contribution < 1.29 is 9.59 Å². The van der Waals surface area contributed by atoms with E-state index in [4.69, 9.17) is 0 Å². The van der Waals surface area contributed by atoms with Crippen molar-refractivity contribution in [1.29, 1.82) is 0 Å². The predicted octanol–water partition coefficient (Wildman–Crippen LogP) is 6.36. The van der Waals surface area contributed by atoms with Crippen LogP contribution < -0.4 is 4.90 Å². The van der Waals surface area contributed by atoms with E-state index in [0.717, 1.165) is 25.1 Å². The predicted molar refractivity (Wildman–Crippen MR) is 138 cm³/mol. The van der Waals surface area contributed by atoms with Crippen LogP contribution in [-0.4, -0.2) is 28.2 Å². The summed E-state index contributed by atoms with van der Waals surface area (Å²) in [6.45, 7) is 2.26. The van der Waals surface area contributed by atoms with E-state index in [2.05, 4.69) is 35.3 Å². The average molecular weight is 468 g/mol. The number of aromatic nitrogens is 1. The van der Waals surface area contributed by atoms with Gasteiger partial charge in [0.25, 0.3) is 0 Å². The van der Waals surface area contributed by atoms with E-state index >= 15 is 0 Å². The van der Waals surface area contributed by atoms with Crippen LogP contribution in [0.1, 0.15) is 37.1 Å². The number of anilines is 2. The molecule has 1 fully saturated rings. The van der Waals surface area contributed by atoms with Gasteiger partial charge >= 0.3 is 0 Å². The van der Waals surface area contributed by atoms with Gasteiger partial charge in [0.05, 0.1) is 17.4 Å². The van der Waals surface area contributed by atoms with Crippen molar-refractivity contribution in [2.75, 3.05) is 11.4 Å². The molecule has 0 spiro atoms. The maximum absolute atomic E-state index is 13.2. The third-order valence-corrected chi connectivity index (χ3v) is 6.99. The molecule has 5 rings (SSSR count). The maximum Gasteiger partial charge on any atom is 0.247 e. The quantitative estimate of drug-likeness (QED) is 0.321. The standard InChI is InChI=1S/C28H25N3O2S/c1-20(32)31(23-11-3-2-4-12-23)28-29-22(19-34-28)16-17-27(33)30-18-8-15-26(30)25-14-7-10-21-9-5-6-13-24(21)25/h2-7,9-14,16-17,19,26H,8,15,18H2,1H3/b17-16+. The van der Waals surface area contributed by atoms with E-state index in [9.17, 15) is 9.59 Å². The van der Waals surface area contributed by atoms with Gasteiger partial charge in [-0.3, -0.25) is 14.5 Å². The molecule has 0 N–H and O–H groups in total. The number of rotatable bonds is 5. The molecule has 1 aromatic heterocycles. The molecule has 34 heavy (non-hydrogen) atoms. The lowest BCUT2D eigenvalue weighted by molar-refractivity contribution is -0.126. The Morgan fingerprint density at radius 3 is 2.62 bits per heavy atom. The second-order valence-electron chi connectivity index (χ2n) is 8.34. The first-order chi connectivity index (χ1) is 16.6. The number of thiazole rings is 1. The maximum atomic E-state index is 13.2. The van der Waals surface area contributed by atoms with Gasteiger partial charge in [-0.15, -0.1) is 11.3 Å². The molecule has 1 aliphatic rings. The van der Waals surface area contributed by atoms with Crippen LogP contribution in [0.15, 0.2) is 84.3 Å². The van der Waals surface area contributed by atoms with Crippen molar-refractivity contribution in [3.05, 3.63) is 95.5 Å². The Morgan fingerprint density at radius 2 is 1.79 bits per heavy atom. The van der Waals surface area contributed by atoms with Gasteiger partial charge in [-0.2, -0.15) is 0 Å². The summed E-state index contributed by atoms with van der Waals surface area (Å²) in [6.07, 6.45) is 5.28. The molecule has 1 atom stereocenters. The first-order valence-electron chi connectivity index (χ1n) is 11.4. The monoisotopic (exact) mass is 467 g/mol. The number of hydrogen-bond acceptors (Lipinski definition) is 4. The Morgan fingerprint density at radius 1 is 1.03 bits per heavy atom. The Hall–Kier alpha value is -3.77. The van der Waals surface area contributed by atoms with Crippen molar-refractivity contribution in [1.82, 2.24) is 9.88 Å². The third kappa shape index (κ3) is 4.37. The number of amides is 2. The average Bonchev–Trinajstić information content (AvgIpc) is 3.53. The highest BCUT2D eigenvalue weighted by Gasteiger charge is 2.29. The van der Waals surface area contributed by atoms with E-state index in [1.165, 1.54) is 34.6 Å². The number of likely N-dealkylation sites (tertiary alicyclic amines) is 1. The third-order valence-electron chi connectivity index (χ3n) is 6.15. The molecule has 1 unspecified atom stereocenters. The summed E-state index contributed by atoms with van der Waals surface area (Å²) >= 11 is 1.38. The van der Waals surface area contributed by atoms with Crippen LogP contribution in [0.3, 0.4) is 0 Å². The van der Waals surface area contributed by atoms with Gasteiger partial charge in [0, 0.05) is 24.9 Å². The summed E-state index contributed by atoms with van der Waals surface area (Å²) in [5, 5.41) is 4.84. The molecule has 1 aliphatic heterocycles. The van der Waals surface area contributed by atoms with Crippen LogP contribution in [0.4, 0.5) is 10.8 Å². The largest absolute Gasteiger partial charge is 0.332 e. The van der Waals surface area contributed by atoms with Crippen LogP contribution in [0, 0.1) is 0 Å². The van der Waals surface area contributed by atoms with Crippen molar-refractivity contribution in [3.63, 3.8) is 0 Å². The van der Waals surface area contributed by atoms with E-state index in [0.29, 0.717) is 10.8 Å². The lowest BCUT2D eigenvalue weighted by atomic mass is 9.97. The summed E-state index contributed by atoms with van der Waals surface area (Å²) < 4.78 is 0. The minimum absolute atomic E-state index is 0.0172.